The minimum absolute atomic E-state index is 0.267. The van der Waals surface area contributed by atoms with Gasteiger partial charge < -0.3 is 0 Å². The standard InChI is InChI=1S/C20H26N2/c21-14-20-13-7-6-11-17(20)19(15-8-2-1-3-9-15)16-10-4-5-12-18(16)22-20/h1-3,8-9,16-19,22H,4-7,10-13H2. The first-order valence-corrected chi connectivity index (χ1v) is 9.08. The average Bonchev–Trinajstić information content (AvgIpc) is 2.60. The van der Waals surface area contributed by atoms with Gasteiger partial charge in [0.15, 0.2) is 0 Å². The molecular formula is C20H26N2. The van der Waals surface area contributed by atoms with E-state index in [0.717, 1.165) is 12.3 Å². The fourth-order valence-electron chi connectivity index (χ4n) is 5.59. The van der Waals surface area contributed by atoms with Crippen LogP contribution in [0, 0.1) is 23.2 Å². The second-order valence-electron chi connectivity index (χ2n) is 7.57. The summed E-state index contributed by atoms with van der Waals surface area (Å²) in [7, 11) is 0. The highest BCUT2D eigenvalue weighted by Gasteiger charge is 2.54. The smallest absolute Gasteiger partial charge is 0.110 e. The van der Waals surface area contributed by atoms with E-state index < -0.39 is 0 Å². The molecule has 1 saturated heterocycles. The van der Waals surface area contributed by atoms with Gasteiger partial charge in [0.2, 0.25) is 0 Å². The number of hydrogen-bond acceptors (Lipinski definition) is 2. The van der Waals surface area contributed by atoms with Crippen LogP contribution in [0.1, 0.15) is 62.8 Å². The fraction of sp³-hybridized carbons (Fsp3) is 0.650. The molecule has 1 aliphatic heterocycles. The van der Waals surface area contributed by atoms with Crippen molar-refractivity contribution in [2.75, 3.05) is 0 Å². The normalized spacial score (nSPS) is 41.0. The van der Waals surface area contributed by atoms with Crippen LogP contribution < -0.4 is 5.32 Å². The predicted molar refractivity (Wildman–Crippen MR) is 88.4 cm³/mol. The lowest BCUT2D eigenvalue weighted by Gasteiger charge is -2.56. The third kappa shape index (κ3) is 2.18. The van der Waals surface area contributed by atoms with E-state index in [1.807, 2.05) is 0 Å². The van der Waals surface area contributed by atoms with Crippen molar-refractivity contribution in [1.82, 2.24) is 5.32 Å². The van der Waals surface area contributed by atoms with Crippen LogP contribution >= 0.6 is 0 Å². The molecule has 3 aliphatic rings. The molecule has 5 atom stereocenters. The van der Waals surface area contributed by atoms with E-state index in [4.69, 9.17) is 0 Å². The van der Waals surface area contributed by atoms with Gasteiger partial charge in [-0.1, -0.05) is 56.0 Å². The highest BCUT2D eigenvalue weighted by molar-refractivity contribution is 5.30. The number of nitriles is 1. The van der Waals surface area contributed by atoms with Crippen LogP contribution in [0.25, 0.3) is 0 Å². The van der Waals surface area contributed by atoms with Crippen LogP contribution in [0.4, 0.5) is 0 Å². The summed E-state index contributed by atoms with van der Waals surface area (Å²) in [6.45, 7) is 0. The van der Waals surface area contributed by atoms with E-state index in [1.165, 1.54) is 50.5 Å². The number of fused-ring (bicyclic) bond motifs is 2. The second kappa shape index (κ2) is 5.70. The van der Waals surface area contributed by atoms with E-state index in [1.54, 1.807) is 0 Å². The van der Waals surface area contributed by atoms with Crippen molar-refractivity contribution in [1.29, 1.82) is 5.26 Å². The van der Waals surface area contributed by atoms with E-state index >= 15 is 0 Å². The van der Waals surface area contributed by atoms with Gasteiger partial charge in [-0.2, -0.15) is 5.26 Å². The van der Waals surface area contributed by atoms with Gasteiger partial charge in [-0.05, 0) is 49.0 Å². The molecule has 1 N–H and O–H groups in total. The van der Waals surface area contributed by atoms with Crippen molar-refractivity contribution in [2.24, 2.45) is 11.8 Å². The van der Waals surface area contributed by atoms with Crippen molar-refractivity contribution >= 4 is 0 Å². The summed E-state index contributed by atoms with van der Waals surface area (Å²) in [5.41, 5.74) is 1.21. The zero-order valence-electron chi connectivity index (χ0n) is 13.3. The average molecular weight is 294 g/mol. The molecule has 5 unspecified atom stereocenters. The van der Waals surface area contributed by atoms with Crippen molar-refractivity contribution < 1.29 is 0 Å². The minimum Gasteiger partial charge on any atom is -0.296 e. The van der Waals surface area contributed by atoms with Crippen LogP contribution in [0.3, 0.4) is 0 Å². The van der Waals surface area contributed by atoms with Crippen LogP contribution in [-0.2, 0) is 0 Å². The Kier molecular flexibility index (Phi) is 3.70. The van der Waals surface area contributed by atoms with E-state index in [9.17, 15) is 5.26 Å². The summed E-state index contributed by atoms with van der Waals surface area (Å²) < 4.78 is 0. The molecular weight excluding hydrogens is 268 g/mol. The van der Waals surface area contributed by atoms with Gasteiger partial charge in [0.1, 0.15) is 5.54 Å². The second-order valence-corrected chi connectivity index (χ2v) is 7.57. The summed E-state index contributed by atoms with van der Waals surface area (Å²) in [4.78, 5) is 0. The number of nitrogens with one attached hydrogen (secondary N) is 1. The Morgan fingerprint density at radius 2 is 1.77 bits per heavy atom. The number of benzene rings is 1. The molecule has 22 heavy (non-hydrogen) atoms. The first-order valence-electron chi connectivity index (χ1n) is 9.08. The summed E-state index contributed by atoms with van der Waals surface area (Å²) in [5, 5.41) is 13.9. The van der Waals surface area contributed by atoms with Crippen molar-refractivity contribution in [3.63, 3.8) is 0 Å². The molecule has 3 fully saturated rings. The molecule has 2 saturated carbocycles. The molecule has 0 amide bonds. The zero-order chi connectivity index (χ0) is 15.0. The molecule has 2 aliphatic carbocycles. The molecule has 2 heteroatoms. The Morgan fingerprint density at radius 3 is 2.59 bits per heavy atom. The molecule has 0 radical (unpaired) electrons. The number of piperidine rings is 1. The van der Waals surface area contributed by atoms with Gasteiger partial charge in [0, 0.05) is 6.04 Å². The Hall–Kier alpha value is -1.33. The van der Waals surface area contributed by atoms with Gasteiger partial charge in [0.25, 0.3) is 0 Å². The summed E-state index contributed by atoms with van der Waals surface area (Å²) in [6, 6.07) is 14.4. The summed E-state index contributed by atoms with van der Waals surface area (Å²) >= 11 is 0. The predicted octanol–water partition coefficient (Wildman–Crippen LogP) is 4.38. The largest absolute Gasteiger partial charge is 0.296 e. The lowest BCUT2D eigenvalue weighted by atomic mass is 9.56. The Balaban J connectivity index is 1.78. The van der Waals surface area contributed by atoms with E-state index in [2.05, 4.69) is 41.7 Å². The molecule has 2 nitrogen and oxygen atoms in total. The van der Waals surface area contributed by atoms with Crippen LogP contribution in [0.15, 0.2) is 30.3 Å². The van der Waals surface area contributed by atoms with Crippen molar-refractivity contribution in [3.8, 4) is 6.07 Å². The SMILES string of the molecule is N#CC12CCCCC1C(c1ccccc1)C1CCCCC1N2. The Labute approximate surface area is 133 Å². The fourth-order valence-corrected chi connectivity index (χ4v) is 5.59. The third-order valence-electron chi connectivity index (χ3n) is 6.51. The lowest BCUT2D eigenvalue weighted by Crippen LogP contribution is -2.65. The quantitative estimate of drug-likeness (QED) is 0.834. The molecule has 1 aromatic carbocycles. The molecule has 0 aromatic heterocycles. The van der Waals surface area contributed by atoms with Gasteiger partial charge in [-0.15, -0.1) is 0 Å². The molecule has 4 rings (SSSR count). The molecule has 1 heterocycles. The van der Waals surface area contributed by atoms with Gasteiger partial charge in [-0.25, -0.2) is 0 Å². The van der Waals surface area contributed by atoms with E-state index in [-0.39, 0.29) is 5.54 Å². The maximum atomic E-state index is 10.0. The number of rotatable bonds is 1. The van der Waals surface area contributed by atoms with Gasteiger partial charge >= 0.3 is 0 Å². The number of nitrogens with zero attached hydrogens (tertiary/aromatic N) is 1. The third-order valence-corrected chi connectivity index (χ3v) is 6.51. The topological polar surface area (TPSA) is 35.8 Å². The zero-order valence-corrected chi connectivity index (χ0v) is 13.3. The van der Waals surface area contributed by atoms with Crippen LogP contribution in [0.2, 0.25) is 0 Å². The maximum Gasteiger partial charge on any atom is 0.110 e. The van der Waals surface area contributed by atoms with Crippen molar-refractivity contribution in [2.45, 2.75) is 68.9 Å². The molecule has 0 spiro atoms. The van der Waals surface area contributed by atoms with Crippen molar-refractivity contribution in [3.05, 3.63) is 35.9 Å². The van der Waals surface area contributed by atoms with Gasteiger partial charge in [-0.3, -0.25) is 5.32 Å². The Bertz CT molecular complexity index is 561. The lowest BCUT2D eigenvalue weighted by molar-refractivity contribution is 0.0327. The first-order chi connectivity index (χ1) is 10.8. The van der Waals surface area contributed by atoms with Crippen LogP contribution in [-0.4, -0.2) is 11.6 Å². The minimum atomic E-state index is -0.267. The molecule has 0 bridgehead atoms. The van der Waals surface area contributed by atoms with Crippen LogP contribution in [0.5, 0.6) is 0 Å². The summed E-state index contributed by atoms with van der Waals surface area (Å²) in [6.07, 6.45) is 10.0. The van der Waals surface area contributed by atoms with E-state index in [0.29, 0.717) is 17.9 Å². The molecule has 1 aromatic rings. The first kappa shape index (κ1) is 14.3. The Morgan fingerprint density at radius 1 is 1.00 bits per heavy atom. The molecule has 116 valence electrons. The maximum absolute atomic E-state index is 10.0. The highest BCUT2D eigenvalue weighted by atomic mass is 15.1. The summed E-state index contributed by atoms with van der Waals surface area (Å²) in [5.74, 6) is 1.79. The monoisotopic (exact) mass is 294 g/mol. The number of hydrogen-bond donors (Lipinski definition) is 1. The highest BCUT2D eigenvalue weighted by Crippen LogP contribution is 2.53. The van der Waals surface area contributed by atoms with Gasteiger partial charge in [0.05, 0.1) is 6.07 Å².